The second-order valence-corrected chi connectivity index (χ2v) is 9.10. The van der Waals surface area contributed by atoms with Gasteiger partial charge in [-0.1, -0.05) is 44.2 Å². The first-order valence-corrected chi connectivity index (χ1v) is 11.8. The van der Waals surface area contributed by atoms with Gasteiger partial charge in [-0.15, -0.1) is 0 Å². The number of nitrogens with one attached hydrogen (secondary N) is 1. The summed E-state index contributed by atoms with van der Waals surface area (Å²) in [6, 6.07) is 16.2. The molecule has 5 nitrogen and oxygen atoms in total. The van der Waals surface area contributed by atoms with Crippen LogP contribution in [0.3, 0.4) is 0 Å². The number of amides is 2. The van der Waals surface area contributed by atoms with E-state index in [9.17, 15) is 9.59 Å². The minimum atomic E-state index is -0.161. The molecule has 1 N–H and O–H groups in total. The fourth-order valence-corrected chi connectivity index (χ4v) is 4.11. The Morgan fingerprint density at radius 2 is 1.72 bits per heavy atom. The third-order valence-electron chi connectivity index (χ3n) is 6.43. The first-order chi connectivity index (χ1) is 15.3. The summed E-state index contributed by atoms with van der Waals surface area (Å²) < 4.78 is 0. The number of benzene rings is 2. The number of nitrogens with zero attached hydrogens (tertiary/aromatic N) is 2. The van der Waals surface area contributed by atoms with Crippen molar-refractivity contribution < 1.29 is 9.59 Å². The lowest BCUT2D eigenvalue weighted by molar-refractivity contribution is -0.135. The van der Waals surface area contributed by atoms with E-state index in [1.54, 1.807) is 0 Å². The molecule has 0 heterocycles. The summed E-state index contributed by atoms with van der Waals surface area (Å²) in [4.78, 5) is 30.1. The highest BCUT2D eigenvalue weighted by Crippen LogP contribution is 2.32. The molecule has 0 bridgehead atoms. The predicted octanol–water partition coefficient (Wildman–Crippen LogP) is 5.42. The second kappa shape index (κ2) is 10.7. The molecule has 1 aliphatic rings. The summed E-state index contributed by atoms with van der Waals surface area (Å²) in [5.74, 6) is 0.246. The molecule has 1 saturated carbocycles. The molecule has 0 aliphatic heterocycles. The zero-order chi connectivity index (χ0) is 23.3. The first-order valence-electron chi connectivity index (χ1n) is 11.8. The van der Waals surface area contributed by atoms with Crippen LogP contribution in [0.25, 0.3) is 0 Å². The number of carbonyl (C=O) groups is 2. The highest BCUT2D eigenvalue weighted by molar-refractivity contribution is 5.94. The maximum absolute atomic E-state index is 13.8. The quantitative estimate of drug-likeness (QED) is 0.542. The third kappa shape index (κ3) is 5.70. The third-order valence-corrected chi connectivity index (χ3v) is 6.43. The monoisotopic (exact) mass is 435 g/mol. The van der Waals surface area contributed by atoms with Crippen molar-refractivity contribution in [2.24, 2.45) is 5.92 Å². The second-order valence-electron chi connectivity index (χ2n) is 9.10. The molecule has 5 heteroatoms. The van der Waals surface area contributed by atoms with Gasteiger partial charge in [-0.2, -0.15) is 0 Å². The molecule has 0 saturated heterocycles. The molecular formula is C27H37N3O2. The molecule has 0 spiro atoms. The standard InChI is InChI=1S/C27H37N3O2/c1-6-19(3)30(27(32)24(7-2)20-11-9-8-10-12-20)18-22-17-23(15-16-25(22)29(4)5)28-26(31)21-13-14-21/h8-12,15-17,19,21,24H,6-7,13-14,18H2,1-5H3,(H,28,31)/t19-,24+/m1/s1. The Balaban J connectivity index is 1.91. The molecule has 0 unspecified atom stereocenters. The predicted molar refractivity (Wildman–Crippen MR) is 132 cm³/mol. The number of hydrogen-bond donors (Lipinski definition) is 1. The van der Waals surface area contributed by atoms with Crippen LogP contribution in [0, 0.1) is 5.92 Å². The van der Waals surface area contributed by atoms with Crippen molar-refractivity contribution in [3.63, 3.8) is 0 Å². The van der Waals surface area contributed by atoms with Crippen LogP contribution < -0.4 is 10.2 Å². The lowest BCUT2D eigenvalue weighted by Gasteiger charge is -2.33. The molecule has 1 aliphatic carbocycles. The molecule has 2 atom stereocenters. The van der Waals surface area contributed by atoms with E-state index in [-0.39, 0.29) is 29.7 Å². The van der Waals surface area contributed by atoms with Crippen LogP contribution in [0.4, 0.5) is 11.4 Å². The van der Waals surface area contributed by atoms with Crippen molar-refractivity contribution in [1.82, 2.24) is 4.90 Å². The molecular weight excluding hydrogens is 398 g/mol. The topological polar surface area (TPSA) is 52.7 Å². The average Bonchev–Trinajstić information content (AvgIpc) is 3.63. The minimum absolute atomic E-state index is 0.0959. The summed E-state index contributed by atoms with van der Waals surface area (Å²) >= 11 is 0. The number of hydrogen-bond acceptors (Lipinski definition) is 3. The Bertz CT molecular complexity index is 922. The Hall–Kier alpha value is -2.82. The smallest absolute Gasteiger partial charge is 0.230 e. The minimum Gasteiger partial charge on any atom is -0.377 e. The van der Waals surface area contributed by atoms with E-state index in [2.05, 4.69) is 31.0 Å². The molecule has 2 aromatic carbocycles. The highest BCUT2D eigenvalue weighted by Gasteiger charge is 2.30. The van der Waals surface area contributed by atoms with Crippen LogP contribution in [0.15, 0.2) is 48.5 Å². The van der Waals surface area contributed by atoms with Crippen LogP contribution in [0.5, 0.6) is 0 Å². The van der Waals surface area contributed by atoms with Crippen molar-refractivity contribution in [2.75, 3.05) is 24.3 Å². The van der Waals surface area contributed by atoms with E-state index < -0.39 is 0 Å². The van der Waals surface area contributed by atoms with E-state index in [1.165, 1.54) is 0 Å². The summed E-state index contributed by atoms with van der Waals surface area (Å²) in [5.41, 5.74) is 3.96. The number of carbonyl (C=O) groups excluding carboxylic acids is 2. The molecule has 2 aromatic rings. The van der Waals surface area contributed by atoms with Gasteiger partial charge in [-0.3, -0.25) is 9.59 Å². The Kier molecular flexibility index (Phi) is 7.94. The molecule has 172 valence electrons. The zero-order valence-corrected chi connectivity index (χ0v) is 20.1. The maximum atomic E-state index is 13.8. The molecule has 3 rings (SSSR count). The van der Waals surface area contributed by atoms with Gasteiger partial charge in [-0.05, 0) is 61.9 Å². The fraction of sp³-hybridized carbons (Fsp3) is 0.481. The average molecular weight is 436 g/mol. The first kappa shape index (κ1) is 23.8. The summed E-state index contributed by atoms with van der Waals surface area (Å²) in [5, 5.41) is 3.05. The van der Waals surface area contributed by atoms with Crippen molar-refractivity contribution in [3.8, 4) is 0 Å². The van der Waals surface area contributed by atoms with E-state index in [4.69, 9.17) is 0 Å². The maximum Gasteiger partial charge on any atom is 0.230 e. The van der Waals surface area contributed by atoms with Crippen LogP contribution in [0.1, 0.15) is 63.5 Å². The van der Waals surface area contributed by atoms with Crippen LogP contribution in [0.2, 0.25) is 0 Å². The van der Waals surface area contributed by atoms with Crippen LogP contribution >= 0.6 is 0 Å². The lowest BCUT2D eigenvalue weighted by Crippen LogP contribution is -2.41. The summed E-state index contributed by atoms with van der Waals surface area (Å²) in [7, 11) is 4.02. The van der Waals surface area contributed by atoms with Crippen molar-refractivity contribution in [1.29, 1.82) is 0 Å². The van der Waals surface area contributed by atoms with E-state index >= 15 is 0 Å². The van der Waals surface area contributed by atoms with Gasteiger partial charge < -0.3 is 15.1 Å². The van der Waals surface area contributed by atoms with Gasteiger partial charge in [0.15, 0.2) is 0 Å². The SMILES string of the molecule is CC[C@H](C(=O)N(Cc1cc(NC(=O)C2CC2)ccc1N(C)C)[C@H](C)CC)c1ccccc1. The van der Waals surface area contributed by atoms with Gasteiger partial charge >= 0.3 is 0 Å². The zero-order valence-electron chi connectivity index (χ0n) is 20.1. The van der Waals surface area contributed by atoms with Crippen molar-refractivity contribution in [3.05, 3.63) is 59.7 Å². The molecule has 0 aromatic heterocycles. The van der Waals surface area contributed by atoms with Crippen LogP contribution in [-0.2, 0) is 16.1 Å². The normalized spacial score (nSPS) is 15.0. The summed E-state index contributed by atoms with van der Waals surface area (Å²) in [6.45, 7) is 6.82. The largest absolute Gasteiger partial charge is 0.377 e. The molecule has 0 radical (unpaired) electrons. The lowest BCUT2D eigenvalue weighted by atomic mass is 9.94. The Morgan fingerprint density at radius 3 is 2.28 bits per heavy atom. The van der Waals surface area contributed by atoms with E-state index in [1.807, 2.05) is 67.5 Å². The fourth-order valence-electron chi connectivity index (χ4n) is 4.11. The highest BCUT2D eigenvalue weighted by atomic mass is 16.2. The van der Waals surface area contributed by atoms with Crippen LogP contribution in [-0.4, -0.2) is 36.9 Å². The number of anilines is 2. The molecule has 32 heavy (non-hydrogen) atoms. The van der Waals surface area contributed by atoms with Gasteiger partial charge in [0.25, 0.3) is 0 Å². The van der Waals surface area contributed by atoms with Gasteiger partial charge in [0.1, 0.15) is 0 Å². The number of rotatable bonds is 10. The molecule has 1 fully saturated rings. The van der Waals surface area contributed by atoms with E-state index in [0.29, 0.717) is 6.54 Å². The van der Waals surface area contributed by atoms with Crippen molar-refractivity contribution in [2.45, 2.75) is 65.0 Å². The Morgan fingerprint density at radius 1 is 1.03 bits per heavy atom. The Labute approximate surface area is 192 Å². The summed E-state index contributed by atoms with van der Waals surface area (Å²) in [6.07, 6.45) is 3.59. The van der Waals surface area contributed by atoms with Gasteiger partial charge in [0, 0.05) is 44.0 Å². The molecule has 2 amide bonds. The van der Waals surface area contributed by atoms with Crippen molar-refractivity contribution >= 4 is 23.2 Å². The van der Waals surface area contributed by atoms with Gasteiger partial charge in [-0.25, -0.2) is 0 Å². The van der Waals surface area contributed by atoms with Gasteiger partial charge in [0.2, 0.25) is 11.8 Å². The van der Waals surface area contributed by atoms with E-state index in [0.717, 1.165) is 48.2 Å². The van der Waals surface area contributed by atoms with Gasteiger partial charge in [0.05, 0.1) is 5.92 Å².